The average molecular weight is 375 g/mol. The molecular weight excluding hydrogens is 360 g/mol. The van der Waals surface area contributed by atoms with Crippen LogP contribution in [0.3, 0.4) is 0 Å². The van der Waals surface area contributed by atoms with Crippen molar-refractivity contribution >= 4 is 40.2 Å². The highest BCUT2D eigenvalue weighted by atomic mass is 35.5. The molecule has 2 aromatic carbocycles. The number of amides is 1. The predicted octanol–water partition coefficient (Wildman–Crippen LogP) is 2.33. The van der Waals surface area contributed by atoms with Crippen LogP contribution in [-0.4, -0.2) is 40.2 Å². The zero-order valence-electron chi connectivity index (χ0n) is 14.0. The molecule has 0 aliphatic heterocycles. The van der Waals surface area contributed by atoms with E-state index in [1.165, 1.54) is 13.2 Å². The van der Waals surface area contributed by atoms with Crippen molar-refractivity contribution in [3.63, 3.8) is 0 Å². The average Bonchev–Trinajstić information content (AvgIpc) is 3.03. The van der Waals surface area contributed by atoms with Crippen LogP contribution in [0, 0.1) is 0 Å². The summed E-state index contributed by atoms with van der Waals surface area (Å²) in [6.07, 6.45) is -0.874. The number of carbonyl (C=O) groups is 2. The number of nitrogens with zero attached hydrogens (tertiary/aromatic N) is 3. The standard InChI is InChI=1S/C17H15ClN4O4/c1-10(16(23)19-13-5-3-4-12(18)9-13)26-22-15-8-11(17(24)25-2)6-7-14(15)20-21-22/h3-10H,1-2H3,(H,19,23)/t10-/m0/s1. The van der Waals surface area contributed by atoms with Gasteiger partial charge in [0.1, 0.15) is 11.0 Å². The van der Waals surface area contributed by atoms with Gasteiger partial charge in [0, 0.05) is 10.7 Å². The Bertz CT molecular complexity index is 972. The third-order valence-electron chi connectivity index (χ3n) is 3.56. The normalized spacial score (nSPS) is 11.8. The number of halogens is 1. The lowest BCUT2D eigenvalue weighted by molar-refractivity contribution is -0.127. The van der Waals surface area contributed by atoms with Gasteiger partial charge in [0.2, 0.25) is 6.10 Å². The van der Waals surface area contributed by atoms with Crippen LogP contribution in [0.5, 0.6) is 0 Å². The number of hydrogen-bond donors (Lipinski definition) is 1. The number of aromatic nitrogens is 3. The van der Waals surface area contributed by atoms with Crippen LogP contribution in [0.1, 0.15) is 17.3 Å². The number of ether oxygens (including phenoxy) is 1. The van der Waals surface area contributed by atoms with Crippen LogP contribution in [0.25, 0.3) is 11.0 Å². The summed E-state index contributed by atoms with van der Waals surface area (Å²) in [5.74, 6) is -0.883. The first-order valence-corrected chi connectivity index (χ1v) is 8.03. The van der Waals surface area contributed by atoms with Gasteiger partial charge < -0.3 is 14.9 Å². The summed E-state index contributed by atoms with van der Waals surface area (Å²) in [5.41, 5.74) is 1.83. The van der Waals surface area contributed by atoms with Crippen LogP contribution < -0.4 is 10.2 Å². The molecule has 0 saturated heterocycles. The molecule has 0 aliphatic rings. The van der Waals surface area contributed by atoms with E-state index in [0.717, 1.165) is 4.85 Å². The monoisotopic (exact) mass is 374 g/mol. The second-order valence-corrected chi connectivity index (χ2v) is 5.84. The zero-order chi connectivity index (χ0) is 18.7. The molecule has 1 heterocycles. The number of nitrogens with one attached hydrogen (secondary N) is 1. The van der Waals surface area contributed by atoms with Crippen molar-refractivity contribution in [3.05, 3.63) is 53.1 Å². The molecule has 0 saturated carbocycles. The van der Waals surface area contributed by atoms with Crippen molar-refractivity contribution < 1.29 is 19.2 Å². The number of fused-ring (bicyclic) bond motifs is 1. The fraction of sp³-hybridized carbons (Fsp3) is 0.176. The lowest BCUT2D eigenvalue weighted by atomic mass is 10.2. The van der Waals surface area contributed by atoms with Crippen molar-refractivity contribution in [2.24, 2.45) is 0 Å². The highest BCUT2D eigenvalue weighted by Gasteiger charge is 2.18. The van der Waals surface area contributed by atoms with Crippen molar-refractivity contribution in [3.8, 4) is 0 Å². The van der Waals surface area contributed by atoms with Gasteiger partial charge in [0.15, 0.2) is 0 Å². The number of rotatable bonds is 5. The highest BCUT2D eigenvalue weighted by molar-refractivity contribution is 6.30. The molecule has 8 nitrogen and oxygen atoms in total. The van der Waals surface area contributed by atoms with Crippen LogP contribution in [-0.2, 0) is 9.53 Å². The molecular formula is C17H15ClN4O4. The number of hydrogen-bond acceptors (Lipinski definition) is 6. The van der Waals surface area contributed by atoms with E-state index in [-0.39, 0.29) is 5.91 Å². The second kappa shape index (κ2) is 7.40. The number of benzene rings is 2. The van der Waals surface area contributed by atoms with E-state index >= 15 is 0 Å². The predicted molar refractivity (Wildman–Crippen MR) is 95.0 cm³/mol. The van der Waals surface area contributed by atoms with Gasteiger partial charge in [0.05, 0.1) is 12.7 Å². The maximum Gasteiger partial charge on any atom is 0.337 e. The number of carbonyl (C=O) groups excluding carboxylic acids is 2. The lowest BCUT2D eigenvalue weighted by Gasteiger charge is -2.14. The van der Waals surface area contributed by atoms with Crippen molar-refractivity contribution in [1.82, 2.24) is 15.2 Å². The molecule has 26 heavy (non-hydrogen) atoms. The van der Waals surface area contributed by atoms with E-state index in [2.05, 4.69) is 15.6 Å². The summed E-state index contributed by atoms with van der Waals surface area (Å²) in [5, 5.41) is 11.0. The third-order valence-corrected chi connectivity index (χ3v) is 3.79. The smallest absolute Gasteiger partial charge is 0.337 e. The van der Waals surface area contributed by atoms with E-state index < -0.39 is 12.1 Å². The Hall–Kier alpha value is -3.13. The van der Waals surface area contributed by atoms with Crippen LogP contribution in [0.2, 0.25) is 5.02 Å². The maximum atomic E-state index is 12.3. The second-order valence-electron chi connectivity index (χ2n) is 5.40. The summed E-state index contributed by atoms with van der Waals surface area (Å²) >= 11 is 5.90. The largest absolute Gasteiger partial charge is 0.465 e. The van der Waals surface area contributed by atoms with Crippen molar-refractivity contribution in [2.75, 3.05) is 12.4 Å². The molecule has 0 bridgehead atoms. The fourth-order valence-electron chi connectivity index (χ4n) is 2.23. The molecule has 1 N–H and O–H groups in total. The van der Waals surface area contributed by atoms with E-state index in [4.69, 9.17) is 21.2 Å². The Morgan fingerprint density at radius 1 is 1.23 bits per heavy atom. The topological polar surface area (TPSA) is 95.3 Å². The molecule has 134 valence electrons. The molecule has 3 rings (SSSR count). The van der Waals surface area contributed by atoms with Crippen LogP contribution >= 0.6 is 11.6 Å². The first kappa shape index (κ1) is 17.7. The molecule has 1 atom stereocenters. The Labute approximate surface area is 153 Å². The van der Waals surface area contributed by atoms with Gasteiger partial charge in [-0.1, -0.05) is 22.5 Å². The Morgan fingerprint density at radius 2 is 2.04 bits per heavy atom. The van der Waals surface area contributed by atoms with E-state index in [9.17, 15) is 9.59 Å². The van der Waals surface area contributed by atoms with Gasteiger partial charge >= 0.3 is 5.97 Å². The molecule has 0 aliphatic carbocycles. The number of anilines is 1. The first-order chi connectivity index (χ1) is 12.5. The van der Waals surface area contributed by atoms with Gasteiger partial charge in [-0.05, 0) is 48.5 Å². The molecule has 9 heteroatoms. The Morgan fingerprint density at radius 3 is 2.77 bits per heavy atom. The molecule has 3 aromatic rings. The lowest BCUT2D eigenvalue weighted by Crippen LogP contribution is -2.35. The minimum atomic E-state index is -0.874. The van der Waals surface area contributed by atoms with E-state index in [1.54, 1.807) is 43.3 Å². The summed E-state index contributed by atoms with van der Waals surface area (Å²) in [6.45, 7) is 1.57. The maximum absolute atomic E-state index is 12.3. The Balaban J connectivity index is 1.77. The highest BCUT2D eigenvalue weighted by Crippen LogP contribution is 2.16. The van der Waals surface area contributed by atoms with Gasteiger partial charge in [-0.15, -0.1) is 5.10 Å². The number of methoxy groups -OCH3 is 1. The molecule has 1 amide bonds. The number of esters is 1. The Kier molecular flexibility index (Phi) is 5.04. The summed E-state index contributed by atoms with van der Waals surface area (Å²) in [4.78, 5) is 30.6. The van der Waals surface area contributed by atoms with E-state index in [0.29, 0.717) is 27.3 Å². The van der Waals surface area contributed by atoms with Gasteiger partial charge in [-0.2, -0.15) is 0 Å². The molecule has 0 unspecified atom stereocenters. The van der Waals surface area contributed by atoms with Gasteiger partial charge in [-0.25, -0.2) is 4.79 Å². The fourth-order valence-corrected chi connectivity index (χ4v) is 2.42. The van der Waals surface area contributed by atoms with Gasteiger partial charge in [-0.3, -0.25) is 4.79 Å². The van der Waals surface area contributed by atoms with Crippen molar-refractivity contribution in [1.29, 1.82) is 0 Å². The summed E-state index contributed by atoms with van der Waals surface area (Å²) in [6, 6.07) is 11.5. The minimum absolute atomic E-state index is 0.322. The van der Waals surface area contributed by atoms with Crippen LogP contribution in [0.4, 0.5) is 5.69 Å². The SMILES string of the molecule is COC(=O)c1ccc2nnn(O[C@@H](C)C(=O)Nc3cccc(Cl)c3)c2c1. The zero-order valence-corrected chi connectivity index (χ0v) is 14.7. The summed E-state index contributed by atoms with van der Waals surface area (Å²) < 4.78 is 4.69. The van der Waals surface area contributed by atoms with Gasteiger partial charge in [0.25, 0.3) is 5.91 Å². The molecule has 0 spiro atoms. The van der Waals surface area contributed by atoms with E-state index in [1.807, 2.05) is 0 Å². The third kappa shape index (κ3) is 3.75. The minimum Gasteiger partial charge on any atom is -0.465 e. The molecule has 0 fully saturated rings. The first-order valence-electron chi connectivity index (χ1n) is 7.65. The molecule has 0 radical (unpaired) electrons. The molecule has 1 aromatic heterocycles. The summed E-state index contributed by atoms with van der Waals surface area (Å²) in [7, 11) is 1.29. The quantitative estimate of drug-likeness (QED) is 0.688. The van der Waals surface area contributed by atoms with Crippen LogP contribution in [0.15, 0.2) is 42.5 Å². The van der Waals surface area contributed by atoms with Crippen molar-refractivity contribution in [2.45, 2.75) is 13.0 Å².